The van der Waals surface area contributed by atoms with Crippen molar-refractivity contribution in [3.05, 3.63) is 20.8 Å². The van der Waals surface area contributed by atoms with Gasteiger partial charge < -0.3 is 10.4 Å². The molecule has 0 spiro atoms. The minimum Gasteiger partial charge on any atom is -0.383 e. The van der Waals surface area contributed by atoms with Crippen molar-refractivity contribution < 1.29 is 5.11 Å². The maximum Gasteiger partial charge on any atom is 0.109 e. The molecule has 90 valence electrons. The number of rotatable bonds is 3. The van der Waals surface area contributed by atoms with Gasteiger partial charge in [0.2, 0.25) is 0 Å². The fourth-order valence-corrected chi connectivity index (χ4v) is 3.46. The number of hydrogen-bond donors (Lipinski definition) is 2. The van der Waals surface area contributed by atoms with Crippen LogP contribution in [0.25, 0.3) is 0 Å². The number of piperazine rings is 1. The predicted molar refractivity (Wildman–Crippen MR) is 70.9 cm³/mol. The first-order valence-electron chi connectivity index (χ1n) is 5.48. The molecule has 3 nitrogen and oxygen atoms in total. The fraction of sp³-hybridized carbons (Fsp3) is 0.636. The molecule has 2 rings (SSSR count). The zero-order valence-corrected chi connectivity index (χ0v) is 11.8. The van der Waals surface area contributed by atoms with E-state index in [-0.39, 0.29) is 0 Å². The van der Waals surface area contributed by atoms with E-state index >= 15 is 0 Å². The van der Waals surface area contributed by atoms with Crippen molar-refractivity contribution >= 4 is 27.3 Å². The smallest absolute Gasteiger partial charge is 0.109 e. The Morgan fingerprint density at radius 1 is 1.56 bits per heavy atom. The average Bonchev–Trinajstić information content (AvgIpc) is 2.66. The van der Waals surface area contributed by atoms with Gasteiger partial charge in [0.15, 0.2) is 0 Å². The Morgan fingerprint density at radius 2 is 2.25 bits per heavy atom. The lowest BCUT2D eigenvalue weighted by Crippen LogP contribution is -2.48. The third-order valence-electron chi connectivity index (χ3n) is 2.84. The van der Waals surface area contributed by atoms with E-state index in [0.29, 0.717) is 6.54 Å². The van der Waals surface area contributed by atoms with E-state index < -0.39 is 5.60 Å². The van der Waals surface area contributed by atoms with Crippen molar-refractivity contribution in [2.75, 3.05) is 32.7 Å². The summed E-state index contributed by atoms with van der Waals surface area (Å²) in [5.41, 5.74) is -0.742. The fourth-order valence-electron chi connectivity index (χ4n) is 1.98. The van der Waals surface area contributed by atoms with E-state index in [9.17, 15) is 5.11 Å². The molecule has 1 aliphatic rings. The van der Waals surface area contributed by atoms with Gasteiger partial charge in [-0.1, -0.05) is 0 Å². The summed E-state index contributed by atoms with van der Waals surface area (Å²) in [5, 5.41) is 15.8. The molecule has 0 radical (unpaired) electrons. The molecular weight excluding hydrogens is 288 g/mol. The van der Waals surface area contributed by atoms with Crippen LogP contribution in [0.5, 0.6) is 0 Å². The first-order valence-corrected chi connectivity index (χ1v) is 7.15. The number of thiophene rings is 1. The second-order valence-corrected chi connectivity index (χ2v) is 6.26. The number of hydrogen-bond acceptors (Lipinski definition) is 4. The second-order valence-electron chi connectivity index (χ2n) is 4.43. The Hall–Kier alpha value is 0.0600. The highest BCUT2D eigenvalue weighted by Gasteiger charge is 2.28. The Morgan fingerprint density at radius 3 is 2.81 bits per heavy atom. The summed E-state index contributed by atoms with van der Waals surface area (Å²) in [6.45, 7) is 6.68. The van der Waals surface area contributed by atoms with Crippen LogP contribution in [0.3, 0.4) is 0 Å². The molecule has 5 heteroatoms. The van der Waals surface area contributed by atoms with Gasteiger partial charge in [-0.3, -0.25) is 4.90 Å². The van der Waals surface area contributed by atoms with Crippen LogP contribution >= 0.6 is 27.3 Å². The summed E-state index contributed by atoms with van der Waals surface area (Å²) >= 11 is 5.03. The van der Waals surface area contributed by atoms with Crippen LogP contribution in [0.2, 0.25) is 0 Å². The quantitative estimate of drug-likeness (QED) is 0.891. The van der Waals surface area contributed by atoms with Crippen LogP contribution in [0, 0.1) is 0 Å². The third kappa shape index (κ3) is 3.05. The minimum atomic E-state index is -0.742. The van der Waals surface area contributed by atoms with Gasteiger partial charge >= 0.3 is 0 Å². The average molecular weight is 305 g/mol. The number of nitrogens with zero attached hydrogens (tertiary/aromatic N) is 1. The summed E-state index contributed by atoms with van der Waals surface area (Å²) in [4.78, 5) is 3.34. The van der Waals surface area contributed by atoms with Crippen LogP contribution in [0.1, 0.15) is 11.8 Å². The lowest BCUT2D eigenvalue weighted by molar-refractivity contribution is 0.0156. The molecule has 1 unspecified atom stereocenters. The number of nitrogens with one attached hydrogen (secondary N) is 1. The summed E-state index contributed by atoms with van der Waals surface area (Å²) in [7, 11) is 0. The minimum absolute atomic E-state index is 0.710. The van der Waals surface area contributed by atoms with Gasteiger partial charge in [0, 0.05) is 47.5 Å². The molecule has 0 aromatic carbocycles. The maximum absolute atomic E-state index is 10.5. The highest BCUT2D eigenvalue weighted by atomic mass is 79.9. The van der Waals surface area contributed by atoms with Gasteiger partial charge in [-0.25, -0.2) is 0 Å². The van der Waals surface area contributed by atoms with E-state index in [4.69, 9.17) is 0 Å². The van der Waals surface area contributed by atoms with Crippen LogP contribution in [0.4, 0.5) is 0 Å². The molecule has 1 atom stereocenters. The van der Waals surface area contributed by atoms with Crippen molar-refractivity contribution in [2.45, 2.75) is 12.5 Å². The van der Waals surface area contributed by atoms with Crippen molar-refractivity contribution in [1.29, 1.82) is 0 Å². The number of aliphatic hydroxyl groups is 1. The van der Waals surface area contributed by atoms with Gasteiger partial charge in [0.25, 0.3) is 0 Å². The maximum atomic E-state index is 10.5. The zero-order chi connectivity index (χ0) is 11.6. The van der Waals surface area contributed by atoms with Gasteiger partial charge in [-0.15, -0.1) is 11.3 Å². The normalized spacial score (nSPS) is 21.9. The van der Waals surface area contributed by atoms with E-state index in [1.165, 1.54) is 0 Å². The highest BCUT2D eigenvalue weighted by molar-refractivity contribution is 9.10. The molecule has 2 heterocycles. The molecule has 2 N–H and O–H groups in total. The van der Waals surface area contributed by atoms with Crippen molar-refractivity contribution in [3.63, 3.8) is 0 Å². The molecule has 1 aromatic rings. The molecule has 0 saturated carbocycles. The molecule has 1 aliphatic heterocycles. The Balaban J connectivity index is 2.01. The number of β-amino-alcohol motifs (C(OH)–C–C–N with tert-alkyl or cyclic N) is 1. The largest absolute Gasteiger partial charge is 0.383 e. The SMILES string of the molecule is CC(O)(CN1CCNCC1)c1cc(Br)cs1. The molecule has 0 bridgehead atoms. The third-order valence-corrected chi connectivity index (χ3v) is 4.78. The van der Waals surface area contributed by atoms with E-state index in [2.05, 4.69) is 26.1 Å². The predicted octanol–water partition coefficient (Wildman–Crippen LogP) is 1.62. The zero-order valence-electron chi connectivity index (χ0n) is 9.37. The first kappa shape index (κ1) is 12.5. The molecule has 1 saturated heterocycles. The van der Waals surface area contributed by atoms with Crippen molar-refractivity contribution in [3.8, 4) is 0 Å². The van der Waals surface area contributed by atoms with Crippen molar-refractivity contribution in [2.24, 2.45) is 0 Å². The van der Waals surface area contributed by atoms with Crippen LogP contribution < -0.4 is 5.32 Å². The second kappa shape index (κ2) is 5.14. The molecule has 1 fully saturated rings. The Labute approximate surface area is 109 Å². The number of halogens is 1. The standard InChI is InChI=1S/C11H17BrN2OS/c1-11(15,10-6-9(12)7-16-10)8-14-4-2-13-3-5-14/h6-7,13,15H,2-5,8H2,1H3. The summed E-state index contributed by atoms with van der Waals surface area (Å²) < 4.78 is 1.05. The van der Waals surface area contributed by atoms with E-state index in [1.54, 1.807) is 11.3 Å². The van der Waals surface area contributed by atoms with Crippen LogP contribution in [-0.2, 0) is 5.60 Å². The highest BCUT2D eigenvalue weighted by Crippen LogP contribution is 2.30. The molecule has 16 heavy (non-hydrogen) atoms. The Kier molecular flexibility index (Phi) is 4.02. The molecule has 1 aromatic heterocycles. The van der Waals surface area contributed by atoms with Crippen molar-refractivity contribution in [1.82, 2.24) is 10.2 Å². The van der Waals surface area contributed by atoms with Crippen LogP contribution in [-0.4, -0.2) is 42.7 Å². The summed E-state index contributed by atoms with van der Waals surface area (Å²) in [6, 6.07) is 2.01. The molecule has 0 amide bonds. The lowest BCUT2D eigenvalue weighted by atomic mass is 10.0. The topological polar surface area (TPSA) is 35.5 Å². The van der Waals surface area contributed by atoms with Gasteiger partial charge in [-0.05, 0) is 28.9 Å². The van der Waals surface area contributed by atoms with Crippen LogP contribution in [0.15, 0.2) is 15.9 Å². The monoisotopic (exact) mass is 304 g/mol. The van der Waals surface area contributed by atoms with Gasteiger partial charge in [-0.2, -0.15) is 0 Å². The Bertz CT molecular complexity index is 348. The first-order chi connectivity index (χ1) is 7.58. The van der Waals surface area contributed by atoms with E-state index in [1.807, 2.05) is 18.4 Å². The molecule has 0 aliphatic carbocycles. The van der Waals surface area contributed by atoms with Gasteiger partial charge in [0.1, 0.15) is 5.60 Å². The van der Waals surface area contributed by atoms with E-state index in [0.717, 1.165) is 35.5 Å². The molecular formula is C11H17BrN2OS. The lowest BCUT2D eigenvalue weighted by Gasteiger charge is -2.33. The summed E-state index contributed by atoms with van der Waals surface area (Å²) in [5.74, 6) is 0. The van der Waals surface area contributed by atoms with Gasteiger partial charge in [0.05, 0.1) is 0 Å². The summed E-state index contributed by atoms with van der Waals surface area (Å²) in [6.07, 6.45) is 0.